The Morgan fingerprint density at radius 1 is 1.02 bits per heavy atom. The number of ether oxygens (including phenoxy) is 4. The number of H-pyrrole nitrogens is 1. The molecule has 242 valence electrons. The van der Waals surface area contributed by atoms with Gasteiger partial charge in [-0.3, -0.25) is 19.1 Å². The lowest BCUT2D eigenvalue weighted by molar-refractivity contribution is -0.222. The molecule has 5 rings (SSSR count). The van der Waals surface area contributed by atoms with E-state index in [4.69, 9.17) is 34.6 Å². The SMILES string of the molecule is CC(=O)O[C@H]1[C@H](N)[C@H]2[C@H](n3cc(C)c(=O)[nH]c3=O)O[C@]1(COCc1ccccc1)[C@H]2OCc1ccccc1.O=C(O)C(F)(F)F. The normalized spacial score (nSPS) is 25.3. The molecule has 0 unspecified atom stereocenters. The summed E-state index contributed by atoms with van der Waals surface area (Å²) < 4.78 is 57.9. The summed E-state index contributed by atoms with van der Waals surface area (Å²) in [5.74, 6) is -3.85. The molecule has 0 spiro atoms. The molecular formula is C30H32F3N3O9. The number of rotatable bonds is 9. The molecule has 4 N–H and O–H groups in total. The molecule has 0 radical (unpaired) electrons. The number of aromatic nitrogens is 2. The van der Waals surface area contributed by atoms with E-state index in [9.17, 15) is 27.6 Å². The fraction of sp³-hybridized carbons (Fsp3) is 0.400. The van der Waals surface area contributed by atoms with E-state index in [1.54, 1.807) is 6.92 Å². The topological polar surface area (TPSA) is 172 Å². The zero-order valence-electron chi connectivity index (χ0n) is 24.2. The summed E-state index contributed by atoms with van der Waals surface area (Å²) in [5, 5.41) is 7.12. The van der Waals surface area contributed by atoms with E-state index >= 15 is 0 Å². The van der Waals surface area contributed by atoms with Crippen LogP contribution in [0.25, 0.3) is 0 Å². The van der Waals surface area contributed by atoms with Crippen LogP contribution >= 0.6 is 0 Å². The summed E-state index contributed by atoms with van der Waals surface area (Å²) in [4.78, 5) is 48.2. The van der Waals surface area contributed by atoms with Crippen LogP contribution in [-0.4, -0.2) is 63.2 Å². The van der Waals surface area contributed by atoms with E-state index in [0.29, 0.717) is 5.56 Å². The largest absolute Gasteiger partial charge is 0.490 e. The van der Waals surface area contributed by atoms with Crippen LogP contribution in [0.4, 0.5) is 13.2 Å². The predicted octanol–water partition coefficient (Wildman–Crippen LogP) is 2.44. The minimum absolute atomic E-state index is 0.00289. The number of halogens is 3. The van der Waals surface area contributed by atoms with Crippen molar-refractivity contribution in [3.63, 3.8) is 0 Å². The van der Waals surface area contributed by atoms with Crippen molar-refractivity contribution in [2.45, 2.75) is 63.3 Å². The number of nitrogens with one attached hydrogen (secondary N) is 1. The molecule has 3 aromatic rings. The van der Waals surface area contributed by atoms with Crippen molar-refractivity contribution in [3.8, 4) is 0 Å². The third-order valence-corrected chi connectivity index (χ3v) is 7.44. The summed E-state index contributed by atoms with van der Waals surface area (Å²) in [6.45, 7) is 3.44. The van der Waals surface area contributed by atoms with E-state index in [1.807, 2.05) is 60.7 Å². The van der Waals surface area contributed by atoms with Crippen molar-refractivity contribution >= 4 is 11.9 Å². The van der Waals surface area contributed by atoms with E-state index < -0.39 is 65.4 Å². The standard InChI is InChI=1S/C28H31N3O7.C2HF3O2/c1-17-13-31(27(34)30-25(17)33)26-21-22(29)24(37-18(2)32)28(38-26,16-35-14-19-9-5-3-6-10-19)23(21)36-15-20-11-7-4-8-12-20;3-2(4,5)1(6)7/h3-13,21-24,26H,14-16,29H2,1-2H3,(H,30,33,34);(H,6,7)/t21-,22-,23+,24+,26-,28-;/m1./s1. The molecule has 1 saturated carbocycles. The lowest BCUT2D eigenvalue weighted by Crippen LogP contribution is -2.58. The first-order chi connectivity index (χ1) is 21.2. The van der Waals surface area contributed by atoms with Gasteiger partial charge >= 0.3 is 23.8 Å². The van der Waals surface area contributed by atoms with E-state index in [2.05, 4.69) is 4.98 Å². The van der Waals surface area contributed by atoms with Crippen molar-refractivity contribution < 1.29 is 46.8 Å². The number of aromatic amines is 1. The first-order valence-corrected chi connectivity index (χ1v) is 13.7. The van der Waals surface area contributed by atoms with Crippen LogP contribution in [0.5, 0.6) is 0 Å². The van der Waals surface area contributed by atoms with Gasteiger partial charge in [-0.25, -0.2) is 9.59 Å². The van der Waals surface area contributed by atoms with E-state index in [0.717, 1.165) is 11.1 Å². The van der Waals surface area contributed by atoms with E-state index in [-0.39, 0.29) is 19.8 Å². The Bertz CT molecular complexity index is 1600. The summed E-state index contributed by atoms with van der Waals surface area (Å²) >= 11 is 0. The number of alkyl halides is 3. The van der Waals surface area contributed by atoms with Crippen molar-refractivity contribution in [1.82, 2.24) is 9.55 Å². The van der Waals surface area contributed by atoms with E-state index in [1.165, 1.54) is 17.7 Å². The smallest absolute Gasteiger partial charge is 0.475 e. The molecule has 2 aliphatic rings. The predicted molar refractivity (Wildman–Crippen MR) is 151 cm³/mol. The Labute approximate surface area is 254 Å². The molecule has 1 saturated heterocycles. The zero-order valence-corrected chi connectivity index (χ0v) is 24.2. The number of aliphatic carboxylic acids is 1. The van der Waals surface area contributed by atoms with Gasteiger partial charge in [0.25, 0.3) is 5.56 Å². The lowest BCUT2D eigenvalue weighted by atomic mass is 9.97. The van der Waals surface area contributed by atoms with Crippen molar-refractivity contribution in [2.24, 2.45) is 11.7 Å². The fourth-order valence-corrected chi connectivity index (χ4v) is 5.48. The molecule has 45 heavy (non-hydrogen) atoms. The van der Waals surface area contributed by atoms with Crippen molar-refractivity contribution in [1.29, 1.82) is 0 Å². The summed E-state index contributed by atoms with van der Waals surface area (Å²) in [6.07, 6.45) is -6.06. The van der Waals surface area contributed by atoms with Gasteiger partial charge in [0.1, 0.15) is 12.3 Å². The monoisotopic (exact) mass is 635 g/mol. The molecule has 0 amide bonds. The van der Waals surface area contributed by atoms with Gasteiger partial charge in [-0.05, 0) is 18.1 Å². The number of nitrogens with two attached hydrogens (primary N) is 1. The first-order valence-electron chi connectivity index (χ1n) is 13.7. The highest BCUT2D eigenvalue weighted by molar-refractivity contribution is 5.73. The van der Waals surface area contributed by atoms with Gasteiger partial charge in [0, 0.05) is 18.7 Å². The molecule has 1 aliphatic carbocycles. The number of fused-ring (bicyclic) bond motifs is 2. The number of carbonyl (C=O) groups excluding carboxylic acids is 1. The number of nitrogens with zero attached hydrogens (tertiary/aromatic N) is 1. The van der Waals surface area contributed by atoms with Crippen LogP contribution in [0.1, 0.15) is 29.8 Å². The Balaban J connectivity index is 0.000000591. The van der Waals surface area contributed by atoms with Crippen LogP contribution in [-0.2, 0) is 41.8 Å². The van der Waals surface area contributed by atoms with Gasteiger partial charge in [-0.15, -0.1) is 0 Å². The van der Waals surface area contributed by atoms with Crippen LogP contribution in [0, 0.1) is 12.8 Å². The molecule has 2 fully saturated rings. The van der Waals surface area contributed by atoms with Crippen molar-refractivity contribution in [2.75, 3.05) is 6.61 Å². The third kappa shape index (κ3) is 7.50. The Hall–Kier alpha value is -4.31. The van der Waals surface area contributed by atoms with Gasteiger partial charge in [-0.1, -0.05) is 60.7 Å². The number of carbonyl (C=O) groups is 2. The van der Waals surface area contributed by atoms with Crippen molar-refractivity contribution in [3.05, 3.63) is 104 Å². The van der Waals surface area contributed by atoms with Gasteiger partial charge in [-0.2, -0.15) is 13.2 Å². The number of aryl methyl sites for hydroxylation is 1. The number of benzene rings is 2. The number of carboxylic acids is 1. The summed E-state index contributed by atoms with van der Waals surface area (Å²) in [6, 6.07) is 18.5. The average Bonchev–Trinajstić information content (AvgIpc) is 3.41. The molecule has 1 aliphatic heterocycles. The molecule has 6 atom stereocenters. The Morgan fingerprint density at radius 2 is 1.58 bits per heavy atom. The Kier molecular flexibility index (Phi) is 10.3. The highest BCUT2D eigenvalue weighted by Gasteiger charge is 2.72. The summed E-state index contributed by atoms with van der Waals surface area (Å²) in [7, 11) is 0. The van der Waals surface area contributed by atoms with Gasteiger partial charge in [0.15, 0.2) is 11.7 Å². The number of esters is 1. The van der Waals surface area contributed by atoms with Gasteiger partial charge < -0.3 is 29.8 Å². The summed E-state index contributed by atoms with van der Waals surface area (Å²) in [5.41, 5.74) is 6.54. The number of hydrogen-bond donors (Lipinski definition) is 3. The molecule has 15 heteroatoms. The minimum Gasteiger partial charge on any atom is -0.475 e. The lowest BCUT2D eigenvalue weighted by Gasteiger charge is -2.40. The minimum atomic E-state index is -5.08. The molecule has 2 bridgehead atoms. The second kappa shape index (κ2) is 13.8. The maximum atomic E-state index is 12.8. The average molecular weight is 636 g/mol. The van der Waals surface area contributed by atoms with Gasteiger partial charge in [0.2, 0.25) is 0 Å². The second-order valence-corrected chi connectivity index (χ2v) is 10.6. The molecule has 1 aromatic heterocycles. The van der Waals surface area contributed by atoms with Gasteiger partial charge in [0.05, 0.1) is 31.8 Å². The van der Waals surface area contributed by atoms with Crippen LogP contribution in [0.15, 0.2) is 76.4 Å². The first kappa shape index (κ1) is 33.6. The molecule has 12 nitrogen and oxygen atoms in total. The highest BCUT2D eigenvalue weighted by atomic mass is 19.4. The third-order valence-electron chi connectivity index (χ3n) is 7.44. The Morgan fingerprint density at radius 3 is 2.11 bits per heavy atom. The number of carboxylic acid groups (broad SMARTS) is 1. The van der Waals surface area contributed by atoms with Crippen LogP contribution < -0.4 is 17.0 Å². The quantitative estimate of drug-likeness (QED) is 0.297. The maximum absolute atomic E-state index is 12.8. The molecule has 2 aromatic carbocycles. The molecular weight excluding hydrogens is 603 g/mol. The van der Waals surface area contributed by atoms with Crippen LogP contribution in [0.3, 0.4) is 0 Å². The highest BCUT2D eigenvalue weighted by Crippen LogP contribution is 2.54. The number of hydrogen-bond acceptors (Lipinski definition) is 9. The molecule has 2 heterocycles. The maximum Gasteiger partial charge on any atom is 0.490 e. The zero-order chi connectivity index (χ0) is 32.9. The van der Waals surface area contributed by atoms with Crippen LogP contribution in [0.2, 0.25) is 0 Å². The fourth-order valence-electron chi connectivity index (χ4n) is 5.48. The second-order valence-electron chi connectivity index (χ2n) is 10.6.